The summed E-state index contributed by atoms with van der Waals surface area (Å²) in [6.07, 6.45) is 7.50. The first-order valence-corrected chi connectivity index (χ1v) is 3.84. The van der Waals surface area contributed by atoms with E-state index in [1.807, 2.05) is 0 Å². The van der Waals surface area contributed by atoms with Gasteiger partial charge in [0.15, 0.2) is 0 Å². The minimum atomic E-state index is 1.00. The van der Waals surface area contributed by atoms with E-state index in [4.69, 9.17) is 15.3 Å². The highest BCUT2D eigenvalue weighted by molar-refractivity contribution is 4.51. The Morgan fingerprint density at radius 2 is 0.545 bits per heavy atom. The van der Waals surface area contributed by atoms with Crippen molar-refractivity contribution in [2.45, 2.75) is 32.1 Å². The van der Waals surface area contributed by atoms with Gasteiger partial charge in [-0.3, -0.25) is 0 Å². The molecule has 3 heteroatoms. The Morgan fingerprint density at radius 1 is 0.455 bits per heavy atom. The summed E-state index contributed by atoms with van der Waals surface area (Å²) in [4.78, 5) is 0. The van der Waals surface area contributed by atoms with Crippen molar-refractivity contribution in [1.82, 2.24) is 0 Å². The summed E-state index contributed by atoms with van der Waals surface area (Å²) in [5.74, 6) is 0. The summed E-state index contributed by atoms with van der Waals surface area (Å²) >= 11 is 0. The van der Waals surface area contributed by atoms with E-state index >= 15 is 0 Å². The van der Waals surface area contributed by atoms with Crippen molar-refractivity contribution < 1.29 is 15.3 Å². The largest absolute Gasteiger partial charge is 0.400 e. The van der Waals surface area contributed by atoms with Crippen LogP contribution < -0.4 is 0 Å². The Kier molecular flexibility index (Phi) is 50.9. The summed E-state index contributed by atoms with van der Waals surface area (Å²) in [5, 5.41) is 21.0. The molecule has 0 bridgehead atoms. The highest BCUT2D eigenvalue weighted by Crippen LogP contribution is 2.15. The first kappa shape index (κ1) is 17.1. The maximum Gasteiger partial charge on any atom is 0.0319 e. The van der Waals surface area contributed by atoms with Gasteiger partial charge in [-0.2, -0.15) is 0 Å². The minimum absolute atomic E-state index is 1.00. The SMILES string of the molecule is C1CCCC1.CO.CO.CO. The third kappa shape index (κ3) is 25.8. The Labute approximate surface area is 69.7 Å². The molecule has 0 aromatic rings. The first-order valence-electron chi connectivity index (χ1n) is 3.84. The molecule has 0 unspecified atom stereocenters. The van der Waals surface area contributed by atoms with Crippen molar-refractivity contribution in [2.75, 3.05) is 21.3 Å². The second-order valence-corrected chi connectivity index (χ2v) is 1.77. The molecule has 1 aliphatic rings. The fraction of sp³-hybridized carbons (Fsp3) is 1.00. The van der Waals surface area contributed by atoms with E-state index in [0.29, 0.717) is 0 Å². The summed E-state index contributed by atoms with van der Waals surface area (Å²) in [5.41, 5.74) is 0. The second-order valence-electron chi connectivity index (χ2n) is 1.77. The van der Waals surface area contributed by atoms with Gasteiger partial charge < -0.3 is 15.3 Å². The first-order chi connectivity index (χ1) is 5.50. The quantitative estimate of drug-likeness (QED) is 0.498. The molecule has 0 aliphatic heterocycles. The van der Waals surface area contributed by atoms with Crippen molar-refractivity contribution >= 4 is 0 Å². The summed E-state index contributed by atoms with van der Waals surface area (Å²) < 4.78 is 0. The van der Waals surface area contributed by atoms with E-state index in [1.54, 1.807) is 0 Å². The van der Waals surface area contributed by atoms with Gasteiger partial charge in [-0.1, -0.05) is 32.1 Å². The molecule has 3 nitrogen and oxygen atoms in total. The lowest BCUT2D eigenvalue weighted by molar-refractivity contribution is 0.399. The van der Waals surface area contributed by atoms with Gasteiger partial charge in [0.1, 0.15) is 0 Å². The van der Waals surface area contributed by atoms with Gasteiger partial charge in [0.2, 0.25) is 0 Å². The maximum absolute atomic E-state index is 7.00. The molecular weight excluding hydrogens is 144 g/mol. The highest BCUT2D eigenvalue weighted by Gasteiger charge is 1.95. The van der Waals surface area contributed by atoms with Crippen LogP contribution in [0.25, 0.3) is 0 Å². The van der Waals surface area contributed by atoms with Crippen molar-refractivity contribution in [2.24, 2.45) is 0 Å². The minimum Gasteiger partial charge on any atom is -0.400 e. The molecule has 0 aromatic heterocycles. The van der Waals surface area contributed by atoms with Gasteiger partial charge in [-0.05, 0) is 0 Å². The summed E-state index contributed by atoms with van der Waals surface area (Å²) in [6, 6.07) is 0. The van der Waals surface area contributed by atoms with E-state index in [-0.39, 0.29) is 0 Å². The number of aliphatic hydroxyl groups excluding tert-OH is 3. The van der Waals surface area contributed by atoms with Gasteiger partial charge in [0.05, 0.1) is 0 Å². The number of hydrogen-bond acceptors (Lipinski definition) is 3. The van der Waals surface area contributed by atoms with E-state index in [0.717, 1.165) is 21.3 Å². The van der Waals surface area contributed by atoms with Crippen LogP contribution in [-0.4, -0.2) is 36.6 Å². The van der Waals surface area contributed by atoms with Crippen molar-refractivity contribution in [3.63, 3.8) is 0 Å². The molecule has 0 spiro atoms. The van der Waals surface area contributed by atoms with Crippen LogP contribution in [0.3, 0.4) is 0 Å². The molecular formula is C8H22O3. The lowest BCUT2D eigenvalue weighted by atomic mass is 10.4. The molecule has 72 valence electrons. The Morgan fingerprint density at radius 3 is 0.636 bits per heavy atom. The average Bonchev–Trinajstić information content (AvgIpc) is 2.71. The molecule has 0 heterocycles. The summed E-state index contributed by atoms with van der Waals surface area (Å²) in [6.45, 7) is 0. The fourth-order valence-corrected chi connectivity index (χ4v) is 0.884. The van der Waals surface area contributed by atoms with Crippen LogP contribution in [-0.2, 0) is 0 Å². The molecule has 1 aliphatic carbocycles. The van der Waals surface area contributed by atoms with Crippen LogP contribution in [0, 0.1) is 0 Å². The Hall–Kier alpha value is -0.120. The molecule has 0 atom stereocenters. The van der Waals surface area contributed by atoms with E-state index in [9.17, 15) is 0 Å². The molecule has 11 heavy (non-hydrogen) atoms. The smallest absolute Gasteiger partial charge is 0.0319 e. The van der Waals surface area contributed by atoms with Crippen molar-refractivity contribution in [1.29, 1.82) is 0 Å². The molecule has 3 N–H and O–H groups in total. The fourth-order valence-electron chi connectivity index (χ4n) is 0.884. The standard InChI is InChI=1S/C5H10.3CH4O/c1-2-4-5-3-1;3*1-2/h1-5H2;3*2H,1H3. The van der Waals surface area contributed by atoms with Crippen LogP contribution in [0.4, 0.5) is 0 Å². The Bertz CT molecular complexity index is 20.9. The van der Waals surface area contributed by atoms with Crippen LogP contribution in [0.2, 0.25) is 0 Å². The zero-order valence-corrected chi connectivity index (χ0v) is 7.88. The highest BCUT2D eigenvalue weighted by atomic mass is 16.2. The van der Waals surface area contributed by atoms with Gasteiger partial charge in [0, 0.05) is 21.3 Å². The van der Waals surface area contributed by atoms with Crippen LogP contribution in [0.1, 0.15) is 32.1 Å². The van der Waals surface area contributed by atoms with Gasteiger partial charge >= 0.3 is 0 Å². The van der Waals surface area contributed by atoms with Gasteiger partial charge in [0.25, 0.3) is 0 Å². The lowest BCUT2D eigenvalue weighted by Gasteiger charge is -1.67. The third-order valence-corrected chi connectivity index (χ3v) is 1.25. The number of aliphatic hydroxyl groups is 3. The molecule has 0 saturated heterocycles. The molecule has 0 aromatic carbocycles. The Balaban J connectivity index is -0.0000000933. The molecule has 1 saturated carbocycles. The van der Waals surface area contributed by atoms with Gasteiger partial charge in [-0.25, -0.2) is 0 Å². The maximum atomic E-state index is 7.00. The number of hydrogen-bond donors (Lipinski definition) is 3. The molecule has 0 radical (unpaired) electrons. The van der Waals surface area contributed by atoms with Crippen LogP contribution in [0.5, 0.6) is 0 Å². The molecule has 1 rings (SSSR count). The van der Waals surface area contributed by atoms with Crippen LogP contribution >= 0.6 is 0 Å². The zero-order valence-electron chi connectivity index (χ0n) is 7.88. The molecule has 0 amide bonds. The topological polar surface area (TPSA) is 60.7 Å². The molecule has 1 fully saturated rings. The van der Waals surface area contributed by atoms with Crippen molar-refractivity contribution in [3.05, 3.63) is 0 Å². The van der Waals surface area contributed by atoms with Crippen LogP contribution in [0.15, 0.2) is 0 Å². The van der Waals surface area contributed by atoms with E-state index in [1.165, 1.54) is 32.1 Å². The monoisotopic (exact) mass is 166 g/mol. The average molecular weight is 166 g/mol. The van der Waals surface area contributed by atoms with Crippen molar-refractivity contribution in [3.8, 4) is 0 Å². The zero-order chi connectivity index (χ0) is 9.54. The van der Waals surface area contributed by atoms with Gasteiger partial charge in [-0.15, -0.1) is 0 Å². The lowest BCUT2D eigenvalue weighted by Crippen LogP contribution is -1.47. The predicted molar refractivity (Wildman–Crippen MR) is 47.5 cm³/mol. The second kappa shape index (κ2) is 32.7. The number of rotatable bonds is 0. The summed E-state index contributed by atoms with van der Waals surface area (Å²) in [7, 11) is 3.00. The normalized spacial score (nSPS) is 12.5. The predicted octanol–water partition coefficient (Wildman–Crippen LogP) is 0.776. The third-order valence-electron chi connectivity index (χ3n) is 1.25. The van der Waals surface area contributed by atoms with E-state index in [2.05, 4.69) is 0 Å². The van der Waals surface area contributed by atoms with E-state index < -0.39 is 0 Å².